The van der Waals surface area contributed by atoms with Gasteiger partial charge in [0.05, 0.1) is 25.0 Å². The Balaban J connectivity index is 1.23. The molecule has 8 nitrogen and oxygen atoms in total. The normalized spacial score (nSPS) is 19.2. The van der Waals surface area contributed by atoms with Crippen LogP contribution < -0.4 is 10.1 Å². The number of amides is 2. The quantitative estimate of drug-likeness (QED) is 0.152. The van der Waals surface area contributed by atoms with Crippen molar-refractivity contribution in [1.29, 1.82) is 0 Å². The van der Waals surface area contributed by atoms with Crippen molar-refractivity contribution in [3.05, 3.63) is 138 Å². The SMILES string of the molecule is C=C(CC1CCN(C(=O)[C@H]2CC[C@@](C(=O)NC(Cc3ccc(O)cc3)C(=O)OCC)(c3ccccc3)c3ccccc32)CC1)c1ccccc1OC. The first-order chi connectivity index (χ1) is 25.2. The summed E-state index contributed by atoms with van der Waals surface area (Å²) in [7, 11) is 1.68. The Bertz CT molecular complexity index is 1880. The van der Waals surface area contributed by atoms with Gasteiger partial charge in [-0.05, 0) is 91.0 Å². The highest BCUT2D eigenvalue weighted by molar-refractivity contribution is 5.97. The number of hydrogen-bond acceptors (Lipinski definition) is 6. The number of methoxy groups -OCH3 is 1. The summed E-state index contributed by atoms with van der Waals surface area (Å²) >= 11 is 0. The van der Waals surface area contributed by atoms with E-state index in [2.05, 4.69) is 11.9 Å². The number of para-hydroxylation sites is 1. The van der Waals surface area contributed by atoms with Crippen LogP contribution in [0.3, 0.4) is 0 Å². The first kappa shape index (κ1) is 36.4. The van der Waals surface area contributed by atoms with Gasteiger partial charge in [-0.3, -0.25) is 9.59 Å². The minimum atomic E-state index is -1.14. The van der Waals surface area contributed by atoms with Crippen LogP contribution in [0.4, 0.5) is 0 Å². The number of allylic oxidation sites excluding steroid dienone is 1. The molecule has 2 N–H and O–H groups in total. The average Bonchev–Trinajstić information content (AvgIpc) is 3.18. The number of phenolic OH excluding ortho intramolecular Hbond substituents is 1. The molecule has 0 aromatic heterocycles. The number of carbonyl (C=O) groups is 3. The molecule has 1 fully saturated rings. The number of hydrogen-bond donors (Lipinski definition) is 2. The lowest BCUT2D eigenvalue weighted by atomic mass is 9.62. The maximum absolute atomic E-state index is 14.8. The number of phenols is 1. The van der Waals surface area contributed by atoms with Crippen LogP contribution in [0.1, 0.15) is 72.8 Å². The fourth-order valence-corrected chi connectivity index (χ4v) is 8.04. The van der Waals surface area contributed by atoms with Gasteiger partial charge in [0.25, 0.3) is 0 Å². The lowest BCUT2D eigenvalue weighted by molar-refractivity contribution is -0.148. The number of carbonyl (C=O) groups excluding carboxylic acids is 3. The van der Waals surface area contributed by atoms with Crippen molar-refractivity contribution in [2.45, 2.75) is 62.8 Å². The molecule has 1 heterocycles. The molecule has 4 aromatic carbocycles. The summed E-state index contributed by atoms with van der Waals surface area (Å²) in [5.41, 5.74) is 4.13. The minimum absolute atomic E-state index is 0.0910. The third-order valence-corrected chi connectivity index (χ3v) is 10.8. The highest BCUT2D eigenvalue weighted by Gasteiger charge is 2.49. The predicted molar refractivity (Wildman–Crippen MR) is 202 cm³/mol. The van der Waals surface area contributed by atoms with Gasteiger partial charge in [0, 0.05) is 25.1 Å². The summed E-state index contributed by atoms with van der Waals surface area (Å²) in [5.74, 6) is 0.218. The molecule has 0 radical (unpaired) electrons. The fraction of sp³-hybridized carbons (Fsp3) is 0.341. The lowest BCUT2D eigenvalue weighted by Crippen LogP contribution is -2.54. The van der Waals surface area contributed by atoms with Crippen LogP contribution in [-0.2, 0) is 31.0 Å². The number of aromatic hydroxyl groups is 1. The van der Waals surface area contributed by atoms with Crippen molar-refractivity contribution in [2.75, 3.05) is 26.8 Å². The maximum atomic E-state index is 14.8. The zero-order valence-electron chi connectivity index (χ0n) is 30.1. The largest absolute Gasteiger partial charge is 0.508 e. The first-order valence-corrected chi connectivity index (χ1v) is 18.3. The van der Waals surface area contributed by atoms with E-state index in [9.17, 15) is 19.5 Å². The summed E-state index contributed by atoms with van der Waals surface area (Å²) in [6, 6.07) is 31.0. The number of nitrogens with zero attached hydrogens (tertiary/aromatic N) is 1. The van der Waals surface area contributed by atoms with Gasteiger partial charge in [-0.25, -0.2) is 4.79 Å². The van der Waals surface area contributed by atoms with Gasteiger partial charge in [-0.2, -0.15) is 0 Å². The third-order valence-electron chi connectivity index (χ3n) is 10.8. The van der Waals surface area contributed by atoms with E-state index in [1.165, 1.54) is 0 Å². The molecule has 52 heavy (non-hydrogen) atoms. The Morgan fingerprint density at radius 1 is 0.904 bits per heavy atom. The van der Waals surface area contributed by atoms with E-state index in [1.807, 2.05) is 83.8 Å². The zero-order chi connectivity index (χ0) is 36.7. The summed E-state index contributed by atoms with van der Waals surface area (Å²) < 4.78 is 11.0. The van der Waals surface area contributed by atoms with E-state index in [0.717, 1.165) is 58.4 Å². The maximum Gasteiger partial charge on any atom is 0.328 e. The monoisotopic (exact) mass is 700 g/mol. The smallest absolute Gasteiger partial charge is 0.328 e. The molecular formula is C44H48N2O6. The van der Waals surface area contributed by atoms with Crippen molar-refractivity contribution in [2.24, 2.45) is 5.92 Å². The molecule has 1 aliphatic heterocycles. The highest BCUT2D eigenvalue weighted by atomic mass is 16.5. The minimum Gasteiger partial charge on any atom is -0.508 e. The number of rotatable bonds is 12. The zero-order valence-corrected chi connectivity index (χ0v) is 30.1. The van der Waals surface area contributed by atoms with Crippen LogP contribution in [0.2, 0.25) is 0 Å². The van der Waals surface area contributed by atoms with Gasteiger partial charge in [-0.1, -0.05) is 91.5 Å². The number of fused-ring (bicyclic) bond motifs is 1. The highest BCUT2D eigenvalue weighted by Crippen LogP contribution is 2.48. The molecule has 1 unspecified atom stereocenters. The molecular weight excluding hydrogens is 652 g/mol. The second-order valence-electron chi connectivity index (χ2n) is 13.9. The van der Waals surface area contributed by atoms with Crippen LogP contribution >= 0.6 is 0 Å². The Morgan fingerprint density at radius 3 is 2.29 bits per heavy atom. The van der Waals surface area contributed by atoms with Gasteiger partial charge >= 0.3 is 5.97 Å². The van der Waals surface area contributed by atoms with Crippen molar-refractivity contribution in [3.63, 3.8) is 0 Å². The summed E-state index contributed by atoms with van der Waals surface area (Å²) in [6.45, 7) is 7.61. The lowest BCUT2D eigenvalue weighted by Gasteiger charge is -2.43. The van der Waals surface area contributed by atoms with Gasteiger partial charge in [-0.15, -0.1) is 0 Å². The Kier molecular flexibility index (Phi) is 11.4. The van der Waals surface area contributed by atoms with Crippen molar-refractivity contribution >= 4 is 23.4 Å². The van der Waals surface area contributed by atoms with E-state index in [-0.39, 0.29) is 30.6 Å². The van der Waals surface area contributed by atoms with Crippen molar-refractivity contribution in [1.82, 2.24) is 10.2 Å². The Hall–Kier alpha value is -5.37. The second kappa shape index (κ2) is 16.3. The molecule has 4 aromatic rings. The summed E-state index contributed by atoms with van der Waals surface area (Å²) in [6.07, 6.45) is 3.69. The molecule has 1 aliphatic carbocycles. The topological polar surface area (TPSA) is 105 Å². The van der Waals surface area contributed by atoms with E-state index in [4.69, 9.17) is 9.47 Å². The summed E-state index contributed by atoms with van der Waals surface area (Å²) in [4.78, 5) is 44.4. The van der Waals surface area contributed by atoms with Crippen LogP contribution in [0.5, 0.6) is 11.5 Å². The van der Waals surface area contributed by atoms with E-state index in [0.29, 0.717) is 31.8 Å². The van der Waals surface area contributed by atoms with Crippen LogP contribution in [0.15, 0.2) is 110 Å². The van der Waals surface area contributed by atoms with Crippen molar-refractivity contribution in [3.8, 4) is 11.5 Å². The van der Waals surface area contributed by atoms with Crippen LogP contribution in [0.25, 0.3) is 5.57 Å². The molecule has 0 spiro atoms. The van der Waals surface area contributed by atoms with E-state index in [1.54, 1.807) is 38.3 Å². The molecule has 2 amide bonds. The molecule has 1 saturated heterocycles. The predicted octanol–water partition coefficient (Wildman–Crippen LogP) is 7.20. The molecule has 270 valence electrons. The third kappa shape index (κ3) is 7.61. The average molecular weight is 701 g/mol. The Morgan fingerprint density at radius 2 is 1.58 bits per heavy atom. The van der Waals surface area contributed by atoms with E-state index < -0.39 is 23.3 Å². The molecule has 8 heteroatoms. The molecule has 2 aliphatic rings. The fourth-order valence-electron chi connectivity index (χ4n) is 8.04. The molecule has 0 saturated carbocycles. The van der Waals surface area contributed by atoms with Crippen molar-refractivity contribution < 1.29 is 29.0 Å². The number of benzene rings is 4. The molecule has 0 bridgehead atoms. The number of nitrogens with one attached hydrogen (secondary N) is 1. The van der Waals surface area contributed by atoms with Crippen LogP contribution in [0, 0.1) is 5.92 Å². The molecule has 6 rings (SSSR count). The van der Waals surface area contributed by atoms with Gasteiger partial charge in [0.1, 0.15) is 17.5 Å². The Labute approximate surface area is 306 Å². The van der Waals surface area contributed by atoms with Crippen LogP contribution in [-0.4, -0.2) is 60.6 Å². The number of esters is 1. The summed E-state index contributed by atoms with van der Waals surface area (Å²) in [5, 5.41) is 12.9. The van der Waals surface area contributed by atoms with Gasteiger partial charge in [0.15, 0.2) is 0 Å². The second-order valence-corrected chi connectivity index (χ2v) is 13.9. The first-order valence-electron chi connectivity index (χ1n) is 18.3. The van der Waals surface area contributed by atoms with Gasteiger partial charge in [0.2, 0.25) is 11.8 Å². The number of ether oxygens (including phenoxy) is 2. The van der Waals surface area contributed by atoms with Gasteiger partial charge < -0.3 is 24.8 Å². The molecule has 3 atom stereocenters. The standard InChI is InChI=1S/C44H48N2O6/c1-4-52-42(49)39(29-31-18-20-34(47)21-19-31)45-43(50)44(33-12-6-5-7-13-33)25-22-37(36-15-8-10-16-38(36)44)41(48)46-26-23-32(24-27-46)28-30(2)35-14-9-11-17-40(35)51-3/h5-21,32,37,39,47H,2,4,22-29H2,1,3H3,(H,45,50)/t37-,39?,44+/m0/s1. The number of piperidine rings is 1. The van der Waals surface area contributed by atoms with E-state index >= 15 is 0 Å². The number of likely N-dealkylation sites (tertiary alicyclic amines) is 1.